The smallest absolute Gasteiger partial charge is 0.259 e. The van der Waals surface area contributed by atoms with Crippen molar-refractivity contribution < 1.29 is 9.53 Å². The van der Waals surface area contributed by atoms with Crippen LogP contribution in [0.2, 0.25) is 0 Å². The number of nitrogens with one attached hydrogen (secondary N) is 1. The molecule has 0 bridgehead atoms. The van der Waals surface area contributed by atoms with Crippen LogP contribution in [0.15, 0.2) is 78.9 Å². The molecule has 0 aliphatic rings. The highest BCUT2D eigenvalue weighted by atomic mass is 127. The van der Waals surface area contributed by atoms with Crippen molar-refractivity contribution in [2.24, 2.45) is 0 Å². The van der Waals surface area contributed by atoms with E-state index in [0.29, 0.717) is 17.9 Å². The summed E-state index contributed by atoms with van der Waals surface area (Å²) in [6.07, 6.45) is 0. The molecule has 3 aromatic rings. The maximum Gasteiger partial charge on any atom is 0.259 e. The van der Waals surface area contributed by atoms with Crippen molar-refractivity contribution in [2.75, 3.05) is 5.32 Å². The fourth-order valence-corrected chi connectivity index (χ4v) is 2.79. The molecule has 0 aliphatic carbocycles. The lowest BCUT2D eigenvalue weighted by Crippen LogP contribution is -2.14. The first-order valence-corrected chi connectivity index (χ1v) is 8.63. The van der Waals surface area contributed by atoms with E-state index < -0.39 is 0 Å². The van der Waals surface area contributed by atoms with E-state index >= 15 is 0 Å². The minimum absolute atomic E-state index is 0.178. The van der Waals surface area contributed by atoms with E-state index in [1.807, 2.05) is 72.8 Å². The van der Waals surface area contributed by atoms with E-state index in [-0.39, 0.29) is 5.91 Å². The first-order valence-electron chi connectivity index (χ1n) is 7.55. The average Bonchev–Trinajstić information content (AvgIpc) is 2.63. The first-order chi connectivity index (χ1) is 11.7. The van der Waals surface area contributed by atoms with E-state index in [0.717, 1.165) is 14.8 Å². The molecule has 120 valence electrons. The molecule has 3 rings (SSSR count). The summed E-state index contributed by atoms with van der Waals surface area (Å²) >= 11 is 2.20. The minimum atomic E-state index is -0.178. The molecule has 4 heteroatoms. The van der Waals surface area contributed by atoms with Gasteiger partial charge in [-0.25, -0.2) is 0 Å². The number of benzene rings is 3. The molecule has 0 spiro atoms. The summed E-state index contributed by atoms with van der Waals surface area (Å²) in [6, 6.07) is 24.8. The summed E-state index contributed by atoms with van der Waals surface area (Å²) in [7, 11) is 0. The Kier molecular flexibility index (Phi) is 5.48. The quantitative estimate of drug-likeness (QED) is 0.572. The largest absolute Gasteiger partial charge is 0.488 e. The summed E-state index contributed by atoms with van der Waals surface area (Å²) in [5, 5.41) is 2.94. The number of carbonyl (C=O) groups excluding carboxylic acids is 1. The number of hydrogen-bond donors (Lipinski definition) is 1. The average molecular weight is 429 g/mol. The maximum absolute atomic E-state index is 12.6. The van der Waals surface area contributed by atoms with Crippen LogP contribution in [-0.2, 0) is 6.61 Å². The van der Waals surface area contributed by atoms with Crippen LogP contribution in [0.4, 0.5) is 5.69 Å². The SMILES string of the molecule is O=C(Nc1ccccc1I)c1ccccc1OCc1ccccc1. The standard InChI is InChI=1S/C20H16INO2/c21-17-11-5-6-12-18(17)22-20(23)16-10-4-7-13-19(16)24-14-15-8-2-1-3-9-15/h1-13H,14H2,(H,22,23). The molecule has 0 saturated heterocycles. The fourth-order valence-electron chi connectivity index (χ4n) is 2.27. The van der Waals surface area contributed by atoms with Gasteiger partial charge in [-0.05, 0) is 52.4 Å². The van der Waals surface area contributed by atoms with E-state index in [9.17, 15) is 4.79 Å². The number of carbonyl (C=O) groups is 1. The molecule has 0 aliphatic heterocycles. The zero-order chi connectivity index (χ0) is 16.8. The van der Waals surface area contributed by atoms with Gasteiger partial charge >= 0.3 is 0 Å². The molecule has 0 fully saturated rings. The van der Waals surface area contributed by atoms with Crippen LogP contribution in [0.1, 0.15) is 15.9 Å². The molecule has 24 heavy (non-hydrogen) atoms. The summed E-state index contributed by atoms with van der Waals surface area (Å²) in [6.45, 7) is 0.425. The molecule has 0 atom stereocenters. The maximum atomic E-state index is 12.6. The molecule has 1 N–H and O–H groups in total. The van der Waals surface area contributed by atoms with Gasteiger partial charge in [-0.2, -0.15) is 0 Å². The Morgan fingerprint density at radius 1 is 0.875 bits per heavy atom. The number of ether oxygens (including phenoxy) is 1. The van der Waals surface area contributed by atoms with Crippen LogP contribution in [0.5, 0.6) is 5.75 Å². The summed E-state index contributed by atoms with van der Waals surface area (Å²) in [5.74, 6) is 0.396. The van der Waals surface area contributed by atoms with Crippen LogP contribution in [-0.4, -0.2) is 5.91 Å². The van der Waals surface area contributed by atoms with Crippen LogP contribution < -0.4 is 10.1 Å². The minimum Gasteiger partial charge on any atom is -0.488 e. The van der Waals surface area contributed by atoms with E-state index in [1.165, 1.54) is 0 Å². The Morgan fingerprint density at radius 3 is 2.33 bits per heavy atom. The van der Waals surface area contributed by atoms with Crippen LogP contribution in [0.3, 0.4) is 0 Å². The van der Waals surface area contributed by atoms with Gasteiger partial charge < -0.3 is 10.1 Å². The second-order valence-corrected chi connectivity index (χ2v) is 6.37. The van der Waals surface area contributed by atoms with Crippen molar-refractivity contribution >= 4 is 34.2 Å². The van der Waals surface area contributed by atoms with Crippen molar-refractivity contribution in [1.29, 1.82) is 0 Å². The number of rotatable bonds is 5. The molecular formula is C20H16INO2. The highest BCUT2D eigenvalue weighted by Gasteiger charge is 2.13. The number of anilines is 1. The van der Waals surface area contributed by atoms with Gasteiger partial charge in [0.1, 0.15) is 12.4 Å². The summed E-state index contributed by atoms with van der Waals surface area (Å²) in [5.41, 5.74) is 2.37. The highest BCUT2D eigenvalue weighted by Crippen LogP contribution is 2.23. The third-order valence-electron chi connectivity index (χ3n) is 3.49. The summed E-state index contributed by atoms with van der Waals surface area (Å²) in [4.78, 5) is 12.6. The Hall–Kier alpha value is -2.34. The molecule has 3 aromatic carbocycles. The molecule has 1 amide bonds. The molecule has 0 aromatic heterocycles. The molecule has 0 unspecified atom stereocenters. The lowest BCUT2D eigenvalue weighted by atomic mass is 10.1. The van der Waals surface area contributed by atoms with Crippen LogP contribution in [0.25, 0.3) is 0 Å². The van der Waals surface area contributed by atoms with Gasteiger partial charge in [0, 0.05) is 3.57 Å². The van der Waals surface area contributed by atoms with Gasteiger partial charge in [0.25, 0.3) is 5.91 Å². The van der Waals surface area contributed by atoms with Crippen molar-refractivity contribution in [3.8, 4) is 5.75 Å². The van der Waals surface area contributed by atoms with Gasteiger partial charge in [-0.15, -0.1) is 0 Å². The molecule has 3 nitrogen and oxygen atoms in total. The predicted molar refractivity (Wildman–Crippen MR) is 104 cm³/mol. The fraction of sp³-hybridized carbons (Fsp3) is 0.0500. The van der Waals surface area contributed by atoms with Crippen molar-refractivity contribution in [3.63, 3.8) is 0 Å². The van der Waals surface area contributed by atoms with Crippen LogP contribution >= 0.6 is 22.6 Å². The monoisotopic (exact) mass is 429 g/mol. The Morgan fingerprint density at radius 2 is 1.54 bits per heavy atom. The van der Waals surface area contributed by atoms with E-state index in [1.54, 1.807) is 6.07 Å². The van der Waals surface area contributed by atoms with Crippen molar-refractivity contribution in [2.45, 2.75) is 6.61 Å². The Labute approximate surface area is 154 Å². The third-order valence-corrected chi connectivity index (χ3v) is 4.43. The zero-order valence-electron chi connectivity index (χ0n) is 12.9. The highest BCUT2D eigenvalue weighted by molar-refractivity contribution is 14.1. The molecule has 0 radical (unpaired) electrons. The second-order valence-electron chi connectivity index (χ2n) is 5.20. The van der Waals surface area contributed by atoms with E-state index in [2.05, 4.69) is 27.9 Å². The molecule has 0 saturated carbocycles. The zero-order valence-corrected chi connectivity index (χ0v) is 15.1. The lowest BCUT2D eigenvalue weighted by Gasteiger charge is -2.12. The van der Waals surface area contributed by atoms with Crippen LogP contribution in [0, 0.1) is 3.57 Å². The predicted octanol–water partition coefficient (Wildman–Crippen LogP) is 5.12. The lowest BCUT2D eigenvalue weighted by molar-refractivity contribution is 0.102. The third kappa shape index (κ3) is 4.14. The molecule has 0 heterocycles. The molecular weight excluding hydrogens is 413 g/mol. The Balaban J connectivity index is 1.76. The van der Waals surface area contributed by atoms with Gasteiger partial charge in [-0.3, -0.25) is 4.79 Å². The van der Waals surface area contributed by atoms with Gasteiger partial charge in [-0.1, -0.05) is 54.6 Å². The van der Waals surface area contributed by atoms with Gasteiger partial charge in [0.05, 0.1) is 11.3 Å². The van der Waals surface area contributed by atoms with Gasteiger partial charge in [0.15, 0.2) is 0 Å². The number of hydrogen-bond acceptors (Lipinski definition) is 2. The number of para-hydroxylation sites is 2. The van der Waals surface area contributed by atoms with Crippen molar-refractivity contribution in [1.82, 2.24) is 0 Å². The second kappa shape index (κ2) is 7.97. The van der Waals surface area contributed by atoms with Crippen molar-refractivity contribution in [3.05, 3.63) is 93.6 Å². The normalized spacial score (nSPS) is 10.2. The Bertz CT molecular complexity index is 834. The van der Waals surface area contributed by atoms with E-state index in [4.69, 9.17) is 4.74 Å². The summed E-state index contributed by atoms with van der Waals surface area (Å²) < 4.78 is 6.84. The topological polar surface area (TPSA) is 38.3 Å². The number of halogens is 1. The number of amides is 1. The first kappa shape index (κ1) is 16.5. The van der Waals surface area contributed by atoms with Gasteiger partial charge in [0.2, 0.25) is 0 Å².